The molecular weight excluding hydrogens is 268 g/mol. The summed E-state index contributed by atoms with van der Waals surface area (Å²) in [5.74, 6) is 1.56. The van der Waals surface area contributed by atoms with Crippen molar-refractivity contribution in [2.75, 3.05) is 29.5 Å². The lowest BCUT2D eigenvalue weighted by atomic mass is 10.0. The molecule has 0 aromatic carbocycles. The molecule has 0 amide bonds. The molecule has 1 aromatic heterocycles. The minimum Gasteiger partial charge on any atom is -0.477 e. The maximum atomic E-state index is 11.3. The van der Waals surface area contributed by atoms with Crippen molar-refractivity contribution in [1.82, 2.24) is 4.98 Å². The fraction of sp³-hybridized carbons (Fsp3) is 0.667. The molecule has 1 aliphatic heterocycles. The number of aromatic nitrogens is 1. The highest BCUT2D eigenvalue weighted by atomic mass is 32.2. The van der Waals surface area contributed by atoms with Crippen LogP contribution in [0.15, 0.2) is 0 Å². The first kappa shape index (κ1) is 13.7. The highest BCUT2D eigenvalue weighted by molar-refractivity contribution is 7.99. The van der Waals surface area contributed by atoms with Gasteiger partial charge in [-0.15, -0.1) is 0 Å². The molecule has 0 saturated carbocycles. The monoisotopic (exact) mass is 286 g/mol. The van der Waals surface area contributed by atoms with Gasteiger partial charge >= 0.3 is 5.97 Å². The van der Waals surface area contributed by atoms with Crippen LogP contribution in [0.1, 0.15) is 41.6 Å². The molecule has 2 rings (SSSR count). The Morgan fingerprint density at radius 3 is 2.72 bits per heavy atom. The third kappa shape index (κ3) is 2.80. The molecule has 1 unspecified atom stereocenters. The van der Waals surface area contributed by atoms with Crippen LogP contribution >= 0.6 is 23.1 Å². The number of rotatable bonds is 4. The predicted octanol–water partition coefficient (Wildman–Crippen LogP) is 2.91. The number of carbonyl (C=O) groups is 1. The predicted molar refractivity (Wildman–Crippen MR) is 77.3 cm³/mol. The van der Waals surface area contributed by atoms with E-state index in [1.165, 1.54) is 11.3 Å². The second kappa shape index (κ2) is 5.93. The van der Waals surface area contributed by atoms with Gasteiger partial charge in [0.1, 0.15) is 4.88 Å². The third-order valence-electron chi connectivity index (χ3n) is 3.20. The number of carboxylic acid groups (broad SMARTS) is 1. The van der Waals surface area contributed by atoms with Crippen LogP contribution in [0, 0.1) is 0 Å². The lowest BCUT2D eigenvalue weighted by Crippen LogP contribution is -2.32. The Kier molecular flexibility index (Phi) is 4.50. The molecule has 1 aromatic rings. The summed E-state index contributed by atoms with van der Waals surface area (Å²) in [7, 11) is 0. The smallest absolute Gasteiger partial charge is 0.347 e. The molecule has 1 fully saturated rings. The van der Waals surface area contributed by atoms with Crippen LogP contribution in [0.5, 0.6) is 0 Å². The summed E-state index contributed by atoms with van der Waals surface area (Å²) >= 11 is 3.26. The fourth-order valence-electron chi connectivity index (χ4n) is 1.89. The normalized spacial score (nSPS) is 17.8. The first-order chi connectivity index (χ1) is 8.63. The number of aromatic carboxylic acids is 1. The minimum atomic E-state index is -0.847. The Balaban J connectivity index is 2.29. The van der Waals surface area contributed by atoms with E-state index < -0.39 is 5.97 Å². The van der Waals surface area contributed by atoms with Gasteiger partial charge in [-0.2, -0.15) is 11.8 Å². The number of hydrogen-bond donors (Lipinski definition) is 1. The summed E-state index contributed by atoms with van der Waals surface area (Å²) in [6, 6.07) is 0. The van der Waals surface area contributed by atoms with Crippen LogP contribution in [0.25, 0.3) is 0 Å². The van der Waals surface area contributed by atoms with E-state index in [1.54, 1.807) is 0 Å². The van der Waals surface area contributed by atoms with E-state index in [1.807, 2.05) is 18.7 Å². The maximum absolute atomic E-state index is 11.3. The summed E-state index contributed by atoms with van der Waals surface area (Å²) in [6.45, 7) is 6.04. The average Bonchev–Trinajstić information content (AvgIpc) is 2.84. The van der Waals surface area contributed by atoms with Crippen molar-refractivity contribution in [3.05, 3.63) is 10.6 Å². The van der Waals surface area contributed by atoms with Crippen LogP contribution in [0.2, 0.25) is 0 Å². The van der Waals surface area contributed by atoms with Gasteiger partial charge in [0, 0.05) is 24.6 Å². The lowest BCUT2D eigenvalue weighted by Gasteiger charge is -2.25. The summed E-state index contributed by atoms with van der Waals surface area (Å²) in [6.07, 6.45) is 0.916. The molecule has 6 heteroatoms. The van der Waals surface area contributed by atoms with E-state index >= 15 is 0 Å². The van der Waals surface area contributed by atoms with Gasteiger partial charge in [0.25, 0.3) is 0 Å². The van der Waals surface area contributed by atoms with E-state index in [0.717, 1.165) is 41.8 Å². The first-order valence-electron chi connectivity index (χ1n) is 6.20. The number of thiazole rings is 1. The molecule has 0 radical (unpaired) electrons. The Morgan fingerprint density at radius 1 is 1.50 bits per heavy atom. The van der Waals surface area contributed by atoms with E-state index in [-0.39, 0.29) is 5.92 Å². The van der Waals surface area contributed by atoms with Gasteiger partial charge in [0.15, 0.2) is 5.13 Å². The third-order valence-corrected chi connectivity index (χ3v) is 5.26. The van der Waals surface area contributed by atoms with Crippen molar-refractivity contribution in [3.63, 3.8) is 0 Å². The van der Waals surface area contributed by atoms with Crippen LogP contribution < -0.4 is 4.90 Å². The summed E-state index contributed by atoms with van der Waals surface area (Å²) in [5.41, 5.74) is 0.753. The lowest BCUT2D eigenvalue weighted by molar-refractivity contribution is 0.0700. The minimum absolute atomic E-state index is 0.209. The van der Waals surface area contributed by atoms with E-state index in [4.69, 9.17) is 0 Å². The van der Waals surface area contributed by atoms with Crippen molar-refractivity contribution in [2.45, 2.75) is 26.2 Å². The van der Waals surface area contributed by atoms with Crippen molar-refractivity contribution in [1.29, 1.82) is 0 Å². The van der Waals surface area contributed by atoms with Crippen molar-refractivity contribution in [2.24, 2.45) is 0 Å². The highest BCUT2D eigenvalue weighted by Crippen LogP contribution is 2.33. The zero-order valence-electron chi connectivity index (χ0n) is 10.7. The van der Waals surface area contributed by atoms with Crippen molar-refractivity contribution in [3.8, 4) is 0 Å². The molecule has 0 aliphatic carbocycles. The molecule has 1 aliphatic rings. The average molecular weight is 286 g/mol. The van der Waals surface area contributed by atoms with Gasteiger partial charge in [-0.3, -0.25) is 0 Å². The SMILES string of the molecule is CCC(C)c1nc(N2CCSCC2)sc1C(=O)O. The van der Waals surface area contributed by atoms with Gasteiger partial charge in [0.05, 0.1) is 5.69 Å². The quantitative estimate of drug-likeness (QED) is 0.922. The molecule has 1 atom stereocenters. The summed E-state index contributed by atoms with van der Waals surface area (Å²) in [4.78, 5) is 18.5. The molecule has 100 valence electrons. The summed E-state index contributed by atoms with van der Waals surface area (Å²) < 4.78 is 0. The molecule has 1 saturated heterocycles. The summed E-state index contributed by atoms with van der Waals surface area (Å²) in [5, 5.41) is 10.1. The standard InChI is InChI=1S/C12H18N2O2S2/c1-3-8(2)9-10(11(15)16)18-12(13-9)14-4-6-17-7-5-14/h8H,3-7H2,1-2H3,(H,15,16). The zero-order chi connectivity index (χ0) is 13.1. The Labute approximate surface area is 115 Å². The number of carboxylic acids is 1. The number of hydrogen-bond acceptors (Lipinski definition) is 5. The molecule has 0 spiro atoms. The molecule has 1 N–H and O–H groups in total. The van der Waals surface area contributed by atoms with Gasteiger partial charge in [0.2, 0.25) is 0 Å². The molecular formula is C12H18N2O2S2. The maximum Gasteiger partial charge on any atom is 0.347 e. The van der Waals surface area contributed by atoms with Crippen LogP contribution in [0.3, 0.4) is 0 Å². The second-order valence-electron chi connectivity index (χ2n) is 4.42. The van der Waals surface area contributed by atoms with Crippen LogP contribution in [-0.4, -0.2) is 40.7 Å². The highest BCUT2D eigenvalue weighted by Gasteiger charge is 2.24. The van der Waals surface area contributed by atoms with Gasteiger partial charge in [-0.1, -0.05) is 25.2 Å². The number of anilines is 1. The van der Waals surface area contributed by atoms with Crippen molar-refractivity contribution < 1.29 is 9.90 Å². The van der Waals surface area contributed by atoms with Crippen LogP contribution in [0.4, 0.5) is 5.13 Å². The van der Waals surface area contributed by atoms with Gasteiger partial charge < -0.3 is 10.0 Å². The van der Waals surface area contributed by atoms with E-state index in [0.29, 0.717) is 4.88 Å². The fourth-order valence-corrected chi connectivity index (χ4v) is 3.87. The molecule has 2 heterocycles. The Hall–Kier alpha value is -0.750. The zero-order valence-corrected chi connectivity index (χ0v) is 12.3. The number of thioether (sulfide) groups is 1. The van der Waals surface area contributed by atoms with Crippen molar-refractivity contribution >= 4 is 34.2 Å². The first-order valence-corrected chi connectivity index (χ1v) is 8.17. The Bertz CT molecular complexity index is 428. The molecule has 18 heavy (non-hydrogen) atoms. The van der Waals surface area contributed by atoms with Gasteiger partial charge in [-0.25, -0.2) is 9.78 Å². The molecule has 0 bridgehead atoms. The molecule has 4 nitrogen and oxygen atoms in total. The number of nitrogens with zero attached hydrogens (tertiary/aromatic N) is 2. The second-order valence-corrected chi connectivity index (χ2v) is 6.63. The Morgan fingerprint density at radius 2 is 2.17 bits per heavy atom. The largest absolute Gasteiger partial charge is 0.477 e. The van der Waals surface area contributed by atoms with Crippen LogP contribution in [-0.2, 0) is 0 Å². The van der Waals surface area contributed by atoms with E-state index in [2.05, 4.69) is 16.8 Å². The topological polar surface area (TPSA) is 53.4 Å². The van der Waals surface area contributed by atoms with Gasteiger partial charge in [-0.05, 0) is 12.3 Å². The van der Waals surface area contributed by atoms with E-state index in [9.17, 15) is 9.90 Å².